The lowest BCUT2D eigenvalue weighted by molar-refractivity contribution is -0.384. The highest BCUT2D eigenvalue weighted by Crippen LogP contribution is 2.24. The van der Waals surface area contributed by atoms with E-state index in [-0.39, 0.29) is 18.0 Å². The Labute approximate surface area is 157 Å². The number of nitro groups is 1. The summed E-state index contributed by atoms with van der Waals surface area (Å²) >= 11 is 0. The molecule has 1 aromatic heterocycles. The SMILES string of the molecule is CO[C@@H](c1ccc[nH]1)[C@@H](C)C(=O)N[C@H](CC#N)Cc1cccc([N+](=O)[O-])c1. The fraction of sp³-hybridized carbons (Fsp3) is 0.368. The molecular weight excluding hydrogens is 348 g/mol. The molecule has 2 aromatic rings. The van der Waals surface area contributed by atoms with E-state index in [2.05, 4.69) is 16.4 Å². The minimum Gasteiger partial charge on any atom is -0.374 e. The van der Waals surface area contributed by atoms with Gasteiger partial charge in [-0.25, -0.2) is 0 Å². The van der Waals surface area contributed by atoms with Crippen LogP contribution in [0.25, 0.3) is 0 Å². The summed E-state index contributed by atoms with van der Waals surface area (Å²) in [5.41, 5.74) is 1.45. The first-order valence-electron chi connectivity index (χ1n) is 8.53. The number of nitrogens with one attached hydrogen (secondary N) is 2. The third-order valence-corrected chi connectivity index (χ3v) is 4.34. The number of nitro benzene ring substituents is 1. The van der Waals surface area contributed by atoms with E-state index in [1.807, 2.05) is 12.1 Å². The van der Waals surface area contributed by atoms with E-state index in [0.717, 1.165) is 5.69 Å². The summed E-state index contributed by atoms with van der Waals surface area (Å²) in [5, 5.41) is 22.9. The first-order valence-corrected chi connectivity index (χ1v) is 8.53. The number of ether oxygens (including phenoxy) is 1. The topological polar surface area (TPSA) is 121 Å². The van der Waals surface area contributed by atoms with Gasteiger partial charge in [0.15, 0.2) is 0 Å². The molecule has 1 heterocycles. The predicted molar refractivity (Wildman–Crippen MR) is 98.7 cm³/mol. The van der Waals surface area contributed by atoms with E-state index in [4.69, 9.17) is 10.00 Å². The minimum absolute atomic E-state index is 0.0194. The maximum atomic E-state index is 12.7. The van der Waals surface area contributed by atoms with Crippen molar-refractivity contribution < 1.29 is 14.5 Å². The molecule has 8 heteroatoms. The third-order valence-electron chi connectivity index (χ3n) is 4.34. The van der Waals surface area contributed by atoms with Crippen LogP contribution in [0.2, 0.25) is 0 Å². The zero-order chi connectivity index (χ0) is 19.8. The minimum atomic E-state index is -0.486. The molecule has 1 amide bonds. The van der Waals surface area contributed by atoms with Gasteiger partial charge < -0.3 is 15.0 Å². The van der Waals surface area contributed by atoms with Crippen molar-refractivity contribution in [1.29, 1.82) is 5.26 Å². The number of hydrogen-bond acceptors (Lipinski definition) is 5. The Morgan fingerprint density at radius 1 is 1.41 bits per heavy atom. The Morgan fingerprint density at radius 2 is 2.19 bits per heavy atom. The Bertz CT molecular complexity index is 813. The second-order valence-corrected chi connectivity index (χ2v) is 6.27. The number of nitriles is 1. The first kappa shape index (κ1) is 20.1. The number of benzene rings is 1. The fourth-order valence-electron chi connectivity index (χ4n) is 2.96. The molecule has 0 saturated heterocycles. The highest BCUT2D eigenvalue weighted by atomic mass is 16.6. The summed E-state index contributed by atoms with van der Waals surface area (Å²) in [5.74, 6) is -0.734. The van der Waals surface area contributed by atoms with Crippen LogP contribution in [0.15, 0.2) is 42.6 Å². The molecule has 3 atom stereocenters. The lowest BCUT2D eigenvalue weighted by Crippen LogP contribution is -2.41. The standard InChI is InChI=1S/C19H22N4O4/c1-13(18(27-2)17-7-4-10-21-17)19(24)22-15(8-9-20)11-14-5-3-6-16(12-14)23(25)26/h3-7,10,12-13,15,18,21H,8,11H2,1-2H3,(H,22,24)/t13-,15-,18-/m1/s1. The summed E-state index contributed by atoms with van der Waals surface area (Å²) in [7, 11) is 1.53. The van der Waals surface area contributed by atoms with Crippen molar-refractivity contribution in [3.63, 3.8) is 0 Å². The second kappa shape index (κ2) is 9.50. The molecule has 0 radical (unpaired) electrons. The summed E-state index contributed by atoms with van der Waals surface area (Å²) in [4.78, 5) is 26.2. The number of hydrogen-bond donors (Lipinski definition) is 2. The fourth-order valence-corrected chi connectivity index (χ4v) is 2.96. The van der Waals surface area contributed by atoms with Crippen molar-refractivity contribution in [2.24, 2.45) is 5.92 Å². The molecule has 1 aromatic carbocycles. The van der Waals surface area contributed by atoms with E-state index in [9.17, 15) is 14.9 Å². The average Bonchev–Trinajstić information content (AvgIpc) is 3.17. The summed E-state index contributed by atoms with van der Waals surface area (Å²) in [6.45, 7) is 1.75. The highest BCUT2D eigenvalue weighted by molar-refractivity contribution is 5.79. The van der Waals surface area contributed by atoms with E-state index in [1.54, 1.807) is 25.3 Å². The Balaban J connectivity index is 2.08. The molecule has 0 spiro atoms. The summed E-state index contributed by atoms with van der Waals surface area (Å²) in [6, 6.07) is 11.5. The average molecular weight is 370 g/mol. The van der Waals surface area contributed by atoms with Crippen LogP contribution < -0.4 is 5.32 Å². The normalized spacial score (nSPS) is 14.0. The smallest absolute Gasteiger partial charge is 0.269 e. The maximum Gasteiger partial charge on any atom is 0.269 e. The number of non-ortho nitro benzene ring substituents is 1. The molecular formula is C19H22N4O4. The van der Waals surface area contributed by atoms with E-state index < -0.39 is 23.0 Å². The molecule has 0 aliphatic carbocycles. The van der Waals surface area contributed by atoms with Gasteiger partial charge in [-0.1, -0.05) is 19.1 Å². The molecule has 8 nitrogen and oxygen atoms in total. The molecule has 142 valence electrons. The molecule has 0 saturated carbocycles. The summed E-state index contributed by atoms with van der Waals surface area (Å²) < 4.78 is 5.45. The van der Waals surface area contributed by atoms with Crippen LogP contribution in [0, 0.1) is 27.4 Å². The van der Waals surface area contributed by atoms with E-state index in [1.165, 1.54) is 19.2 Å². The Morgan fingerprint density at radius 3 is 2.78 bits per heavy atom. The van der Waals surface area contributed by atoms with Crippen LogP contribution in [0.5, 0.6) is 0 Å². The third kappa shape index (κ3) is 5.39. The van der Waals surface area contributed by atoms with Gasteiger partial charge in [0.2, 0.25) is 5.91 Å². The monoisotopic (exact) mass is 370 g/mol. The lowest BCUT2D eigenvalue weighted by atomic mass is 9.98. The number of aromatic amines is 1. The molecule has 0 aliphatic rings. The maximum absolute atomic E-state index is 12.7. The zero-order valence-corrected chi connectivity index (χ0v) is 15.2. The number of H-pyrrole nitrogens is 1. The number of carbonyl (C=O) groups excluding carboxylic acids is 1. The number of rotatable bonds is 9. The van der Waals surface area contributed by atoms with Crippen LogP contribution in [-0.4, -0.2) is 29.0 Å². The molecule has 27 heavy (non-hydrogen) atoms. The zero-order valence-electron chi connectivity index (χ0n) is 15.2. The number of amides is 1. The van der Waals surface area contributed by atoms with Gasteiger partial charge in [0, 0.05) is 37.2 Å². The Hall–Kier alpha value is -3.18. The van der Waals surface area contributed by atoms with Crippen molar-refractivity contribution in [1.82, 2.24) is 10.3 Å². The van der Waals surface area contributed by atoms with Gasteiger partial charge in [0.05, 0.1) is 23.3 Å². The first-order chi connectivity index (χ1) is 13.0. The van der Waals surface area contributed by atoms with Crippen LogP contribution in [0.3, 0.4) is 0 Å². The molecule has 0 unspecified atom stereocenters. The van der Waals surface area contributed by atoms with Crippen LogP contribution in [-0.2, 0) is 16.0 Å². The van der Waals surface area contributed by atoms with Gasteiger partial charge in [-0.2, -0.15) is 5.26 Å². The van der Waals surface area contributed by atoms with E-state index in [0.29, 0.717) is 12.0 Å². The highest BCUT2D eigenvalue weighted by Gasteiger charge is 2.27. The molecule has 0 bridgehead atoms. The molecule has 2 rings (SSSR count). The van der Waals surface area contributed by atoms with Crippen molar-refractivity contribution >= 4 is 11.6 Å². The number of nitrogens with zero attached hydrogens (tertiary/aromatic N) is 2. The van der Waals surface area contributed by atoms with Crippen LogP contribution in [0.4, 0.5) is 5.69 Å². The van der Waals surface area contributed by atoms with Gasteiger partial charge in [-0.15, -0.1) is 0 Å². The Kier molecular flexibility index (Phi) is 7.08. The molecule has 2 N–H and O–H groups in total. The van der Waals surface area contributed by atoms with Crippen LogP contribution >= 0.6 is 0 Å². The van der Waals surface area contributed by atoms with Crippen molar-refractivity contribution in [3.8, 4) is 6.07 Å². The van der Waals surface area contributed by atoms with E-state index >= 15 is 0 Å². The quantitative estimate of drug-likeness (QED) is 0.519. The number of carbonyl (C=O) groups is 1. The molecule has 0 aliphatic heterocycles. The lowest BCUT2D eigenvalue weighted by Gasteiger charge is -2.24. The van der Waals surface area contributed by atoms with Gasteiger partial charge in [0.1, 0.15) is 6.10 Å². The van der Waals surface area contributed by atoms with Gasteiger partial charge >= 0.3 is 0 Å². The second-order valence-electron chi connectivity index (χ2n) is 6.27. The predicted octanol–water partition coefficient (Wildman–Crippen LogP) is 2.89. The van der Waals surface area contributed by atoms with Crippen molar-refractivity contribution in [3.05, 3.63) is 64.0 Å². The number of aromatic nitrogens is 1. The van der Waals surface area contributed by atoms with Crippen molar-refractivity contribution in [2.45, 2.75) is 31.9 Å². The number of methoxy groups -OCH3 is 1. The van der Waals surface area contributed by atoms with Crippen molar-refractivity contribution in [2.75, 3.05) is 7.11 Å². The van der Waals surface area contributed by atoms with Gasteiger partial charge in [0.25, 0.3) is 5.69 Å². The largest absolute Gasteiger partial charge is 0.374 e. The summed E-state index contributed by atoms with van der Waals surface area (Å²) in [6.07, 6.45) is 1.74. The van der Waals surface area contributed by atoms with Crippen LogP contribution in [0.1, 0.15) is 30.7 Å². The van der Waals surface area contributed by atoms with Gasteiger partial charge in [-0.3, -0.25) is 14.9 Å². The van der Waals surface area contributed by atoms with Gasteiger partial charge in [-0.05, 0) is 24.1 Å². The molecule has 0 fully saturated rings.